The van der Waals surface area contributed by atoms with Crippen molar-refractivity contribution in [3.8, 4) is 0 Å². The van der Waals surface area contributed by atoms with Crippen molar-refractivity contribution in [1.82, 2.24) is 5.32 Å². The van der Waals surface area contributed by atoms with Crippen molar-refractivity contribution in [2.75, 3.05) is 18.6 Å². The predicted octanol–water partition coefficient (Wildman–Crippen LogP) is 3.11. The number of thioether (sulfide) groups is 2. The zero-order valence-corrected chi connectivity index (χ0v) is 15.5. The topological polar surface area (TPSA) is 55.4 Å². The number of hydrogen-bond donors (Lipinski definition) is 1. The van der Waals surface area contributed by atoms with Gasteiger partial charge in [-0.2, -0.15) is 11.8 Å². The number of esters is 1. The highest BCUT2D eigenvalue weighted by Gasteiger charge is 2.24. The molecule has 2 atom stereocenters. The Morgan fingerprint density at radius 3 is 2.57 bits per heavy atom. The maximum Gasteiger partial charge on any atom is 0.328 e. The summed E-state index contributed by atoms with van der Waals surface area (Å²) in [6.07, 6.45) is 2.56. The van der Waals surface area contributed by atoms with E-state index in [1.165, 1.54) is 5.56 Å². The molecule has 0 aromatic heterocycles. The van der Waals surface area contributed by atoms with Gasteiger partial charge < -0.3 is 10.1 Å². The molecule has 0 bridgehead atoms. The summed E-state index contributed by atoms with van der Waals surface area (Å²) in [5.74, 6) is 1.10. The Kier molecular flexibility index (Phi) is 9.87. The van der Waals surface area contributed by atoms with Crippen LogP contribution in [0.5, 0.6) is 0 Å². The molecule has 0 fully saturated rings. The summed E-state index contributed by atoms with van der Waals surface area (Å²) in [5.41, 5.74) is 1.18. The number of ether oxygens (including phenoxy) is 1. The van der Waals surface area contributed by atoms with E-state index in [0.29, 0.717) is 13.0 Å². The molecule has 1 N–H and O–H groups in total. The summed E-state index contributed by atoms with van der Waals surface area (Å²) in [7, 11) is 0. The monoisotopic (exact) mass is 355 g/mol. The van der Waals surface area contributed by atoms with Gasteiger partial charge in [0, 0.05) is 5.75 Å². The van der Waals surface area contributed by atoms with Gasteiger partial charge in [0.15, 0.2) is 0 Å². The van der Waals surface area contributed by atoms with E-state index >= 15 is 0 Å². The van der Waals surface area contributed by atoms with Crippen LogP contribution in [-0.4, -0.2) is 41.8 Å². The smallest absolute Gasteiger partial charge is 0.328 e. The first kappa shape index (κ1) is 19.9. The van der Waals surface area contributed by atoms with Gasteiger partial charge in [0.2, 0.25) is 5.91 Å². The third-order valence-electron chi connectivity index (χ3n) is 3.21. The average molecular weight is 356 g/mol. The lowest BCUT2D eigenvalue weighted by Gasteiger charge is -2.19. The summed E-state index contributed by atoms with van der Waals surface area (Å²) < 4.78 is 5.04. The normalized spacial score (nSPS) is 13.2. The van der Waals surface area contributed by atoms with Gasteiger partial charge in [-0.05, 0) is 37.8 Å². The predicted molar refractivity (Wildman–Crippen MR) is 98.8 cm³/mol. The van der Waals surface area contributed by atoms with E-state index in [1.54, 1.807) is 30.4 Å². The van der Waals surface area contributed by atoms with Crippen molar-refractivity contribution in [3.05, 3.63) is 35.9 Å². The van der Waals surface area contributed by atoms with Crippen LogP contribution >= 0.6 is 23.5 Å². The summed E-state index contributed by atoms with van der Waals surface area (Å²) in [6, 6.07) is 9.46. The lowest BCUT2D eigenvalue weighted by atomic mass is 10.2. The Labute approximate surface area is 147 Å². The largest absolute Gasteiger partial charge is 0.464 e. The molecule has 1 aromatic rings. The molecule has 0 heterocycles. The summed E-state index contributed by atoms with van der Waals surface area (Å²) in [5, 5.41) is 2.60. The molecule has 0 spiro atoms. The van der Waals surface area contributed by atoms with E-state index < -0.39 is 6.04 Å². The minimum absolute atomic E-state index is 0.120. The highest BCUT2D eigenvalue weighted by molar-refractivity contribution is 7.99. The van der Waals surface area contributed by atoms with E-state index in [-0.39, 0.29) is 17.1 Å². The van der Waals surface area contributed by atoms with Gasteiger partial charge in [0.1, 0.15) is 6.04 Å². The maximum atomic E-state index is 12.3. The molecule has 128 valence electrons. The van der Waals surface area contributed by atoms with E-state index in [0.717, 1.165) is 11.5 Å². The maximum absolute atomic E-state index is 12.3. The molecular formula is C17H25NO3S2. The van der Waals surface area contributed by atoms with Gasteiger partial charge >= 0.3 is 5.97 Å². The lowest BCUT2D eigenvalue weighted by molar-refractivity contribution is -0.147. The van der Waals surface area contributed by atoms with Crippen LogP contribution in [0.4, 0.5) is 0 Å². The second kappa shape index (κ2) is 11.4. The first-order valence-electron chi connectivity index (χ1n) is 7.70. The third kappa shape index (κ3) is 7.79. The highest BCUT2D eigenvalue weighted by Crippen LogP contribution is 2.18. The Balaban J connectivity index is 2.50. The first-order chi connectivity index (χ1) is 11.1. The van der Waals surface area contributed by atoms with Crippen molar-refractivity contribution < 1.29 is 14.3 Å². The molecule has 0 aliphatic carbocycles. The minimum atomic E-state index is -0.560. The SMILES string of the molecule is CCOC(=O)[C@H](CCSC)NC(=O)C(C)SCc1ccccc1. The third-order valence-corrected chi connectivity index (χ3v) is 5.07. The molecule has 0 saturated heterocycles. The minimum Gasteiger partial charge on any atom is -0.464 e. The Morgan fingerprint density at radius 2 is 1.96 bits per heavy atom. The van der Waals surface area contributed by atoms with Crippen LogP contribution in [0, 0.1) is 0 Å². The van der Waals surface area contributed by atoms with Crippen LogP contribution in [0.3, 0.4) is 0 Å². The average Bonchev–Trinajstić information content (AvgIpc) is 2.57. The first-order valence-corrected chi connectivity index (χ1v) is 10.1. The molecule has 0 radical (unpaired) electrons. The number of nitrogens with one attached hydrogen (secondary N) is 1. The van der Waals surface area contributed by atoms with Crippen molar-refractivity contribution in [1.29, 1.82) is 0 Å². The molecule has 1 amide bonds. The molecule has 0 aliphatic heterocycles. The van der Waals surface area contributed by atoms with Crippen molar-refractivity contribution in [2.24, 2.45) is 0 Å². The molecule has 4 nitrogen and oxygen atoms in total. The molecule has 0 aliphatic rings. The van der Waals surface area contributed by atoms with E-state index in [1.807, 2.05) is 43.5 Å². The van der Waals surface area contributed by atoms with Crippen LogP contribution < -0.4 is 5.32 Å². The number of carbonyl (C=O) groups excluding carboxylic acids is 2. The molecule has 6 heteroatoms. The van der Waals surface area contributed by atoms with Crippen LogP contribution in [0.15, 0.2) is 30.3 Å². The van der Waals surface area contributed by atoms with Crippen LogP contribution in [0.2, 0.25) is 0 Å². The summed E-state index contributed by atoms with van der Waals surface area (Å²) in [6.45, 7) is 3.95. The molecule has 1 aromatic carbocycles. The molecule has 1 unspecified atom stereocenters. The zero-order valence-electron chi connectivity index (χ0n) is 13.9. The fourth-order valence-corrected chi connectivity index (χ4v) is 3.21. The van der Waals surface area contributed by atoms with Gasteiger partial charge in [-0.1, -0.05) is 30.3 Å². The van der Waals surface area contributed by atoms with E-state index in [2.05, 4.69) is 5.32 Å². The second-order valence-corrected chi connectivity index (χ2v) is 7.35. The van der Waals surface area contributed by atoms with Gasteiger partial charge in [-0.25, -0.2) is 4.79 Å². The van der Waals surface area contributed by atoms with Crippen molar-refractivity contribution in [3.63, 3.8) is 0 Å². The molecule has 23 heavy (non-hydrogen) atoms. The van der Waals surface area contributed by atoms with Gasteiger partial charge in [0.05, 0.1) is 11.9 Å². The molecule has 0 saturated carbocycles. The number of amides is 1. The summed E-state index contributed by atoms with van der Waals surface area (Å²) >= 11 is 3.20. The Hall–Kier alpha value is -1.14. The zero-order chi connectivity index (χ0) is 17.1. The number of hydrogen-bond acceptors (Lipinski definition) is 5. The summed E-state index contributed by atoms with van der Waals surface area (Å²) in [4.78, 5) is 24.2. The Morgan fingerprint density at radius 1 is 1.26 bits per heavy atom. The molecular weight excluding hydrogens is 330 g/mol. The lowest BCUT2D eigenvalue weighted by Crippen LogP contribution is -2.45. The van der Waals surface area contributed by atoms with Gasteiger partial charge in [0.25, 0.3) is 0 Å². The van der Waals surface area contributed by atoms with Crippen molar-refractivity contribution in [2.45, 2.75) is 37.3 Å². The number of benzene rings is 1. The fourth-order valence-electron chi connectivity index (χ4n) is 1.89. The fraction of sp³-hybridized carbons (Fsp3) is 0.529. The van der Waals surface area contributed by atoms with Crippen LogP contribution in [0.1, 0.15) is 25.8 Å². The number of carbonyl (C=O) groups is 2. The van der Waals surface area contributed by atoms with Crippen LogP contribution in [-0.2, 0) is 20.1 Å². The van der Waals surface area contributed by atoms with E-state index in [4.69, 9.17) is 4.74 Å². The highest BCUT2D eigenvalue weighted by atomic mass is 32.2. The van der Waals surface area contributed by atoms with Gasteiger partial charge in [-0.15, -0.1) is 11.8 Å². The Bertz CT molecular complexity index is 482. The van der Waals surface area contributed by atoms with Crippen LogP contribution in [0.25, 0.3) is 0 Å². The quantitative estimate of drug-likeness (QED) is 0.654. The standard InChI is InChI=1S/C17H25NO3S2/c1-4-21-17(20)15(10-11-22-3)18-16(19)13(2)23-12-14-8-6-5-7-9-14/h5-9,13,15H,4,10-12H2,1-3H3,(H,18,19)/t13?,15-/m0/s1. The van der Waals surface area contributed by atoms with E-state index in [9.17, 15) is 9.59 Å². The second-order valence-electron chi connectivity index (χ2n) is 5.03. The van der Waals surface area contributed by atoms with Gasteiger partial charge in [-0.3, -0.25) is 4.79 Å². The molecule has 1 rings (SSSR count). The van der Waals surface area contributed by atoms with Crippen molar-refractivity contribution >= 4 is 35.4 Å². The number of rotatable bonds is 10.